The summed E-state index contributed by atoms with van der Waals surface area (Å²) in [5, 5.41) is 12.1. The highest BCUT2D eigenvalue weighted by molar-refractivity contribution is 9.10. The van der Waals surface area contributed by atoms with E-state index < -0.39 is 6.04 Å². The molecule has 4 aromatic rings. The van der Waals surface area contributed by atoms with Gasteiger partial charge in [0.2, 0.25) is 11.1 Å². The van der Waals surface area contributed by atoms with Crippen LogP contribution < -0.4 is 20.1 Å². The number of benzene rings is 3. The van der Waals surface area contributed by atoms with E-state index in [4.69, 9.17) is 19.6 Å². The SMILES string of the molecule is CCCCSc1nc2n(n1)C(c1ccc(OCc3ccc(Br)cc3)c(OCC)c1)C(C(=O)Nc1cccc(C)c1C)=C(C)N2. The quantitative estimate of drug-likeness (QED) is 0.115. The van der Waals surface area contributed by atoms with Gasteiger partial charge in [-0.05, 0) is 86.7 Å². The van der Waals surface area contributed by atoms with Crippen molar-refractivity contribution in [3.8, 4) is 11.5 Å². The maximum absolute atomic E-state index is 14.1. The minimum absolute atomic E-state index is 0.205. The summed E-state index contributed by atoms with van der Waals surface area (Å²) in [6.07, 6.45) is 2.17. The lowest BCUT2D eigenvalue weighted by atomic mass is 9.94. The number of nitrogens with zero attached hydrogens (tertiary/aromatic N) is 3. The zero-order valence-corrected chi connectivity index (χ0v) is 28.1. The fourth-order valence-corrected chi connectivity index (χ4v) is 6.18. The summed E-state index contributed by atoms with van der Waals surface area (Å²) in [6.45, 7) is 10.9. The Balaban J connectivity index is 1.52. The number of amides is 1. The fourth-order valence-electron chi connectivity index (χ4n) is 5.00. The number of rotatable bonds is 12. The second-order valence-electron chi connectivity index (χ2n) is 10.7. The number of fused-ring (bicyclic) bond motifs is 1. The number of carbonyl (C=O) groups excluding carboxylic acids is 1. The molecule has 2 N–H and O–H groups in total. The van der Waals surface area contributed by atoms with Crippen molar-refractivity contribution in [2.24, 2.45) is 0 Å². The first-order chi connectivity index (χ1) is 21.3. The lowest BCUT2D eigenvalue weighted by Gasteiger charge is -2.29. The van der Waals surface area contributed by atoms with Gasteiger partial charge in [0, 0.05) is 21.6 Å². The molecule has 0 saturated carbocycles. The summed E-state index contributed by atoms with van der Waals surface area (Å²) in [6, 6.07) is 19.2. The molecule has 230 valence electrons. The smallest absolute Gasteiger partial charge is 0.255 e. The molecule has 44 heavy (non-hydrogen) atoms. The number of nitrogens with one attached hydrogen (secondary N) is 2. The predicted molar refractivity (Wildman–Crippen MR) is 181 cm³/mol. The Labute approximate surface area is 271 Å². The third kappa shape index (κ3) is 7.13. The Bertz CT molecular complexity index is 1670. The first kappa shape index (κ1) is 31.7. The van der Waals surface area contributed by atoms with Gasteiger partial charge in [-0.1, -0.05) is 71.4 Å². The summed E-state index contributed by atoms with van der Waals surface area (Å²) < 4.78 is 15.1. The maximum Gasteiger partial charge on any atom is 0.255 e. The Morgan fingerprint density at radius 1 is 1.05 bits per heavy atom. The highest BCUT2D eigenvalue weighted by Gasteiger charge is 2.35. The molecule has 8 nitrogen and oxygen atoms in total. The van der Waals surface area contributed by atoms with Crippen LogP contribution >= 0.6 is 27.7 Å². The molecule has 5 rings (SSSR count). The summed E-state index contributed by atoms with van der Waals surface area (Å²) in [5.74, 6) is 2.55. The molecule has 1 aliphatic heterocycles. The van der Waals surface area contributed by atoms with Crippen LogP contribution in [0, 0.1) is 13.8 Å². The van der Waals surface area contributed by atoms with Crippen molar-refractivity contribution >= 4 is 45.2 Å². The molecule has 1 aromatic heterocycles. The van der Waals surface area contributed by atoms with Gasteiger partial charge in [0.1, 0.15) is 12.6 Å². The zero-order valence-electron chi connectivity index (χ0n) is 25.7. The van der Waals surface area contributed by atoms with Gasteiger partial charge in [0.25, 0.3) is 5.91 Å². The minimum Gasteiger partial charge on any atom is -0.490 e. The van der Waals surface area contributed by atoms with Crippen LogP contribution in [0.2, 0.25) is 0 Å². The van der Waals surface area contributed by atoms with Crippen LogP contribution in [0.15, 0.2) is 81.6 Å². The van der Waals surface area contributed by atoms with E-state index in [1.165, 1.54) is 0 Å². The van der Waals surface area contributed by atoms with Crippen molar-refractivity contribution < 1.29 is 14.3 Å². The number of unbranched alkanes of at least 4 members (excludes halogenated alkanes) is 1. The van der Waals surface area contributed by atoms with Gasteiger partial charge < -0.3 is 20.1 Å². The molecule has 0 fully saturated rings. The van der Waals surface area contributed by atoms with Gasteiger partial charge in [-0.15, -0.1) is 5.10 Å². The van der Waals surface area contributed by atoms with Crippen molar-refractivity contribution in [1.82, 2.24) is 14.8 Å². The number of thioether (sulfide) groups is 1. The van der Waals surface area contributed by atoms with E-state index in [0.29, 0.717) is 41.4 Å². The largest absolute Gasteiger partial charge is 0.490 e. The molecule has 0 aliphatic carbocycles. The molecule has 0 saturated heterocycles. The van der Waals surface area contributed by atoms with Gasteiger partial charge in [0.15, 0.2) is 11.5 Å². The highest BCUT2D eigenvalue weighted by atomic mass is 79.9. The monoisotopic (exact) mass is 675 g/mol. The van der Waals surface area contributed by atoms with Gasteiger partial charge in [0.05, 0.1) is 12.2 Å². The predicted octanol–water partition coefficient (Wildman–Crippen LogP) is 8.45. The van der Waals surface area contributed by atoms with Crippen LogP contribution in [0.1, 0.15) is 61.9 Å². The number of allylic oxidation sites excluding steroid dienone is 1. The molecule has 1 unspecified atom stereocenters. The molecule has 3 aromatic carbocycles. The average molecular weight is 677 g/mol. The van der Waals surface area contributed by atoms with Crippen molar-refractivity contribution in [2.45, 2.75) is 65.3 Å². The van der Waals surface area contributed by atoms with Crippen LogP contribution in [0.3, 0.4) is 0 Å². The van der Waals surface area contributed by atoms with Crippen LogP contribution in [-0.2, 0) is 11.4 Å². The minimum atomic E-state index is -0.538. The Morgan fingerprint density at radius 3 is 2.59 bits per heavy atom. The van der Waals surface area contributed by atoms with E-state index in [1.54, 1.807) is 11.8 Å². The van der Waals surface area contributed by atoms with Crippen molar-refractivity contribution in [3.63, 3.8) is 0 Å². The molecular formula is C34H38BrN5O3S. The fraction of sp³-hybridized carbons (Fsp3) is 0.324. The first-order valence-electron chi connectivity index (χ1n) is 14.9. The summed E-state index contributed by atoms with van der Waals surface area (Å²) in [5.41, 5.74) is 6.08. The Kier molecular flexibility index (Phi) is 10.3. The number of halogens is 1. The summed E-state index contributed by atoms with van der Waals surface area (Å²) in [4.78, 5) is 18.9. The van der Waals surface area contributed by atoms with E-state index in [2.05, 4.69) is 33.5 Å². The molecule has 0 bridgehead atoms. The number of anilines is 2. The van der Waals surface area contributed by atoms with Crippen molar-refractivity contribution in [1.29, 1.82) is 0 Å². The third-order valence-electron chi connectivity index (χ3n) is 7.55. The van der Waals surface area contributed by atoms with E-state index in [0.717, 1.165) is 56.7 Å². The van der Waals surface area contributed by atoms with E-state index >= 15 is 0 Å². The van der Waals surface area contributed by atoms with Gasteiger partial charge in [-0.3, -0.25) is 4.79 Å². The zero-order chi connectivity index (χ0) is 31.2. The van der Waals surface area contributed by atoms with Gasteiger partial charge >= 0.3 is 0 Å². The first-order valence-corrected chi connectivity index (χ1v) is 16.7. The molecule has 2 heterocycles. The normalized spacial score (nSPS) is 14.2. The van der Waals surface area contributed by atoms with Crippen LogP contribution in [-0.4, -0.2) is 33.0 Å². The second kappa shape index (κ2) is 14.3. The standard InChI is InChI=1S/C34H38BrN5O3S/c1-6-8-18-44-34-38-33-36-23(5)30(32(41)37-27-11-9-10-21(3)22(27)4)31(40(33)39-34)25-14-17-28(29(19-25)42-7-2)43-20-24-12-15-26(35)16-13-24/h9-17,19,31H,6-8,18,20H2,1-5H3,(H,37,41)(H,36,38,39). The molecule has 1 atom stereocenters. The molecular weight excluding hydrogens is 638 g/mol. The third-order valence-corrected chi connectivity index (χ3v) is 9.00. The average Bonchev–Trinajstić information content (AvgIpc) is 3.41. The van der Waals surface area contributed by atoms with Gasteiger partial charge in [-0.2, -0.15) is 4.98 Å². The van der Waals surface area contributed by atoms with Gasteiger partial charge in [-0.25, -0.2) is 4.68 Å². The molecule has 1 amide bonds. The number of carbonyl (C=O) groups is 1. The second-order valence-corrected chi connectivity index (χ2v) is 12.7. The van der Waals surface area contributed by atoms with E-state index in [1.807, 2.05) is 93.0 Å². The molecule has 0 spiro atoms. The van der Waals surface area contributed by atoms with Crippen LogP contribution in [0.25, 0.3) is 0 Å². The lowest BCUT2D eigenvalue weighted by molar-refractivity contribution is -0.113. The van der Waals surface area contributed by atoms with Crippen molar-refractivity contribution in [2.75, 3.05) is 23.0 Å². The number of ether oxygens (including phenoxy) is 2. The van der Waals surface area contributed by atoms with E-state index in [-0.39, 0.29) is 5.91 Å². The lowest BCUT2D eigenvalue weighted by Crippen LogP contribution is -2.31. The summed E-state index contributed by atoms with van der Waals surface area (Å²) in [7, 11) is 0. The topological polar surface area (TPSA) is 90.3 Å². The number of aromatic nitrogens is 3. The number of aryl methyl sites for hydroxylation is 1. The van der Waals surface area contributed by atoms with E-state index in [9.17, 15) is 4.79 Å². The number of hydrogen-bond donors (Lipinski definition) is 2. The summed E-state index contributed by atoms with van der Waals surface area (Å²) >= 11 is 5.10. The van der Waals surface area contributed by atoms with Crippen LogP contribution in [0.4, 0.5) is 11.6 Å². The molecule has 10 heteroatoms. The Morgan fingerprint density at radius 2 is 1.84 bits per heavy atom. The van der Waals surface area contributed by atoms with Crippen LogP contribution in [0.5, 0.6) is 11.5 Å². The Hall–Kier alpha value is -3.76. The molecule has 1 aliphatic rings. The highest BCUT2D eigenvalue weighted by Crippen LogP contribution is 2.40. The number of hydrogen-bond acceptors (Lipinski definition) is 7. The van der Waals surface area contributed by atoms with Crippen molar-refractivity contribution in [3.05, 3.63) is 98.7 Å². The maximum atomic E-state index is 14.1. The molecule has 0 radical (unpaired) electrons.